The van der Waals surface area contributed by atoms with Crippen molar-refractivity contribution in [3.63, 3.8) is 0 Å². The maximum Gasteiger partial charge on any atom is 0.242 e. The molecule has 7 heteroatoms. The van der Waals surface area contributed by atoms with Crippen LogP contribution in [0, 0.1) is 6.92 Å². The van der Waals surface area contributed by atoms with E-state index in [2.05, 4.69) is 26.0 Å². The number of carbonyl (C=O) groups is 1. The molecule has 98 valence electrons. The summed E-state index contributed by atoms with van der Waals surface area (Å²) in [5.41, 5.74) is 2.46. The highest BCUT2D eigenvalue weighted by atomic mass is 16.2. The van der Waals surface area contributed by atoms with Crippen molar-refractivity contribution in [1.82, 2.24) is 15.3 Å². The van der Waals surface area contributed by atoms with Gasteiger partial charge in [0.1, 0.15) is 23.5 Å². The number of amides is 1. The molecule has 0 radical (unpaired) electrons. The van der Waals surface area contributed by atoms with E-state index in [1.165, 1.54) is 0 Å². The van der Waals surface area contributed by atoms with Gasteiger partial charge in [0.2, 0.25) is 5.91 Å². The smallest absolute Gasteiger partial charge is 0.242 e. The predicted molar refractivity (Wildman–Crippen MR) is 68.8 cm³/mol. The maximum absolute atomic E-state index is 11.8. The third-order valence-corrected chi connectivity index (χ3v) is 2.67. The number of hydrogen-bond donors (Lipinski definition) is 4. The second-order valence-corrected chi connectivity index (χ2v) is 4.48. The first-order valence-electron chi connectivity index (χ1n) is 5.97. The van der Waals surface area contributed by atoms with E-state index in [0.29, 0.717) is 23.5 Å². The summed E-state index contributed by atoms with van der Waals surface area (Å²) in [6.07, 6.45) is 2.15. The summed E-state index contributed by atoms with van der Waals surface area (Å²) in [7, 11) is 0. The number of carbonyl (C=O) groups excluding carboxylic acids is 1. The monoisotopic (exact) mass is 250 g/mol. The van der Waals surface area contributed by atoms with Crippen LogP contribution in [0.3, 0.4) is 0 Å². The van der Waals surface area contributed by atoms with E-state index in [9.17, 15) is 4.79 Å². The number of hydrazine groups is 1. The number of nitrogens with zero attached hydrogens (tertiary/aromatic N) is 2. The molecule has 1 aliphatic carbocycles. The fourth-order valence-corrected chi connectivity index (χ4v) is 1.56. The molecule has 1 saturated carbocycles. The Morgan fingerprint density at radius 2 is 2.11 bits per heavy atom. The normalized spacial score (nSPS) is 15.9. The van der Waals surface area contributed by atoms with Gasteiger partial charge in [-0.25, -0.2) is 15.8 Å². The second kappa shape index (κ2) is 5.18. The predicted octanol–water partition coefficient (Wildman–Crippen LogP) is 0.150. The molecule has 1 heterocycles. The van der Waals surface area contributed by atoms with Crippen LogP contribution in [0.5, 0.6) is 0 Å². The Kier molecular flexibility index (Phi) is 3.61. The van der Waals surface area contributed by atoms with Crippen LogP contribution in [0.4, 0.5) is 11.6 Å². The molecule has 1 fully saturated rings. The molecule has 1 amide bonds. The fourth-order valence-electron chi connectivity index (χ4n) is 1.56. The van der Waals surface area contributed by atoms with Gasteiger partial charge in [-0.2, -0.15) is 0 Å². The lowest BCUT2D eigenvalue weighted by Crippen LogP contribution is -2.38. The summed E-state index contributed by atoms with van der Waals surface area (Å²) < 4.78 is 0. The zero-order valence-corrected chi connectivity index (χ0v) is 10.5. The highest BCUT2D eigenvalue weighted by Gasteiger charge is 2.25. The van der Waals surface area contributed by atoms with E-state index in [4.69, 9.17) is 5.84 Å². The zero-order valence-electron chi connectivity index (χ0n) is 10.5. The summed E-state index contributed by atoms with van der Waals surface area (Å²) in [6.45, 7) is 3.56. The van der Waals surface area contributed by atoms with Gasteiger partial charge < -0.3 is 16.1 Å². The number of aryl methyl sites for hydroxylation is 1. The van der Waals surface area contributed by atoms with Crippen molar-refractivity contribution < 1.29 is 4.79 Å². The Morgan fingerprint density at radius 3 is 2.72 bits per heavy atom. The van der Waals surface area contributed by atoms with Crippen LogP contribution in [0.2, 0.25) is 0 Å². The number of nitrogen functional groups attached to an aromatic ring is 1. The molecule has 0 saturated heterocycles. The van der Waals surface area contributed by atoms with Crippen LogP contribution in [0.1, 0.15) is 25.6 Å². The van der Waals surface area contributed by atoms with E-state index < -0.39 is 0 Å². The molecule has 1 atom stereocenters. The molecule has 18 heavy (non-hydrogen) atoms. The minimum absolute atomic E-state index is 0.0176. The Balaban J connectivity index is 1.98. The molecule has 1 unspecified atom stereocenters. The molecule has 1 aromatic heterocycles. The van der Waals surface area contributed by atoms with Crippen LogP contribution >= 0.6 is 0 Å². The van der Waals surface area contributed by atoms with Crippen molar-refractivity contribution in [2.24, 2.45) is 5.84 Å². The molecule has 0 spiro atoms. The Bertz CT molecular complexity index is 445. The van der Waals surface area contributed by atoms with Crippen LogP contribution in [0.25, 0.3) is 0 Å². The average Bonchev–Trinajstić information content (AvgIpc) is 3.11. The minimum atomic E-state index is -0.342. The van der Waals surface area contributed by atoms with Gasteiger partial charge in [0.25, 0.3) is 0 Å². The molecule has 0 bridgehead atoms. The van der Waals surface area contributed by atoms with Gasteiger partial charge in [-0.05, 0) is 26.7 Å². The molecule has 2 rings (SSSR count). The van der Waals surface area contributed by atoms with Crippen molar-refractivity contribution in [2.45, 2.75) is 38.8 Å². The first-order chi connectivity index (χ1) is 8.58. The molecule has 0 aromatic carbocycles. The largest absolute Gasteiger partial charge is 0.358 e. The van der Waals surface area contributed by atoms with Crippen LogP contribution < -0.4 is 21.9 Å². The van der Waals surface area contributed by atoms with Crippen LogP contribution in [0.15, 0.2) is 6.07 Å². The van der Waals surface area contributed by atoms with Gasteiger partial charge in [0.05, 0.1) is 0 Å². The van der Waals surface area contributed by atoms with E-state index in [1.54, 1.807) is 19.9 Å². The van der Waals surface area contributed by atoms with E-state index in [1.807, 2.05) is 0 Å². The third kappa shape index (κ3) is 3.30. The van der Waals surface area contributed by atoms with Crippen molar-refractivity contribution >= 4 is 17.5 Å². The summed E-state index contributed by atoms with van der Waals surface area (Å²) >= 11 is 0. The Labute approximate surface area is 106 Å². The SMILES string of the molecule is Cc1nc(NN)cc(NC(C)C(=O)NC2CC2)n1. The number of hydrogen-bond acceptors (Lipinski definition) is 6. The maximum atomic E-state index is 11.8. The fraction of sp³-hybridized carbons (Fsp3) is 0.545. The lowest BCUT2D eigenvalue weighted by molar-refractivity contribution is -0.121. The summed E-state index contributed by atoms with van der Waals surface area (Å²) in [5.74, 6) is 6.96. The van der Waals surface area contributed by atoms with E-state index >= 15 is 0 Å². The molecule has 1 aliphatic rings. The third-order valence-electron chi connectivity index (χ3n) is 2.67. The highest BCUT2D eigenvalue weighted by Crippen LogP contribution is 2.19. The number of nitrogens with one attached hydrogen (secondary N) is 3. The van der Waals surface area contributed by atoms with Gasteiger partial charge in [0, 0.05) is 12.1 Å². The first kappa shape index (κ1) is 12.6. The zero-order chi connectivity index (χ0) is 13.1. The number of nitrogens with two attached hydrogens (primary N) is 1. The second-order valence-electron chi connectivity index (χ2n) is 4.48. The topological polar surface area (TPSA) is 105 Å². The Morgan fingerprint density at radius 1 is 1.44 bits per heavy atom. The van der Waals surface area contributed by atoms with Crippen molar-refractivity contribution in [1.29, 1.82) is 0 Å². The quantitative estimate of drug-likeness (QED) is 0.438. The number of anilines is 2. The molecular weight excluding hydrogens is 232 g/mol. The molecule has 7 nitrogen and oxygen atoms in total. The molecule has 1 aromatic rings. The Hall–Kier alpha value is -1.89. The van der Waals surface area contributed by atoms with Gasteiger partial charge >= 0.3 is 0 Å². The van der Waals surface area contributed by atoms with Gasteiger partial charge in [-0.1, -0.05) is 0 Å². The standard InChI is InChI=1S/C11H18N6O/c1-6(11(18)16-8-3-4-8)13-9-5-10(17-12)15-7(2)14-9/h5-6,8H,3-4,12H2,1-2H3,(H,16,18)(H2,13,14,15,17). The van der Waals surface area contributed by atoms with Crippen molar-refractivity contribution in [3.8, 4) is 0 Å². The van der Waals surface area contributed by atoms with Gasteiger partial charge in [0.15, 0.2) is 0 Å². The minimum Gasteiger partial charge on any atom is -0.358 e. The first-order valence-corrected chi connectivity index (χ1v) is 5.97. The molecule has 5 N–H and O–H groups in total. The molecule has 0 aliphatic heterocycles. The average molecular weight is 250 g/mol. The lowest BCUT2D eigenvalue weighted by atomic mass is 10.3. The molecular formula is C11H18N6O. The highest BCUT2D eigenvalue weighted by molar-refractivity contribution is 5.84. The van der Waals surface area contributed by atoms with Crippen LogP contribution in [-0.2, 0) is 4.79 Å². The number of aromatic nitrogens is 2. The van der Waals surface area contributed by atoms with Gasteiger partial charge in [-0.15, -0.1) is 0 Å². The van der Waals surface area contributed by atoms with Crippen molar-refractivity contribution in [2.75, 3.05) is 10.7 Å². The van der Waals surface area contributed by atoms with E-state index in [0.717, 1.165) is 12.8 Å². The van der Waals surface area contributed by atoms with E-state index in [-0.39, 0.29) is 11.9 Å². The summed E-state index contributed by atoms with van der Waals surface area (Å²) in [4.78, 5) is 20.1. The van der Waals surface area contributed by atoms with Crippen LogP contribution in [-0.4, -0.2) is 28.0 Å². The lowest BCUT2D eigenvalue weighted by Gasteiger charge is -2.15. The summed E-state index contributed by atoms with van der Waals surface area (Å²) in [6, 6.07) is 1.68. The summed E-state index contributed by atoms with van der Waals surface area (Å²) in [5, 5.41) is 5.96. The van der Waals surface area contributed by atoms with Gasteiger partial charge in [-0.3, -0.25) is 4.79 Å². The number of rotatable bonds is 5. The van der Waals surface area contributed by atoms with Crippen molar-refractivity contribution in [3.05, 3.63) is 11.9 Å².